The van der Waals surface area contributed by atoms with E-state index in [0.717, 1.165) is 19.4 Å². The van der Waals surface area contributed by atoms with Crippen LogP contribution in [0.15, 0.2) is 34.9 Å². The molecular weight excluding hydrogens is 290 g/mol. The van der Waals surface area contributed by atoms with E-state index in [-0.39, 0.29) is 5.91 Å². The highest BCUT2D eigenvalue weighted by Gasteiger charge is 2.30. The average molecular weight is 313 g/mol. The standard InChI is InChI=1S/C18H23N3O2/c1-13(2)8-17-19-16(20-23-17)12-21-11-15(10-18(21)22)9-14-6-4-3-5-7-14/h3-7,13,15H,8-12H2,1-2H3/t15-/m1/s1. The van der Waals surface area contributed by atoms with E-state index in [1.165, 1.54) is 5.56 Å². The van der Waals surface area contributed by atoms with Gasteiger partial charge in [0.15, 0.2) is 5.82 Å². The third-order valence-corrected chi connectivity index (χ3v) is 4.09. The number of nitrogens with zero attached hydrogens (tertiary/aromatic N) is 3. The van der Waals surface area contributed by atoms with Gasteiger partial charge in [-0.25, -0.2) is 0 Å². The molecule has 23 heavy (non-hydrogen) atoms. The summed E-state index contributed by atoms with van der Waals surface area (Å²) in [4.78, 5) is 18.4. The van der Waals surface area contributed by atoms with Crippen molar-refractivity contribution in [2.45, 2.75) is 39.7 Å². The molecule has 1 aromatic carbocycles. The number of amides is 1. The number of rotatable bonds is 6. The molecule has 0 bridgehead atoms. The van der Waals surface area contributed by atoms with E-state index in [2.05, 4.69) is 36.1 Å². The zero-order chi connectivity index (χ0) is 16.2. The molecular formula is C18H23N3O2. The van der Waals surface area contributed by atoms with Crippen LogP contribution in [0.3, 0.4) is 0 Å². The van der Waals surface area contributed by atoms with Gasteiger partial charge in [-0.15, -0.1) is 0 Å². The first-order valence-corrected chi connectivity index (χ1v) is 8.23. The van der Waals surface area contributed by atoms with Gasteiger partial charge in [0.1, 0.15) is 0 Å². The fourth-order valence-corrected chi connectivity index (χ4v) is 3.05. The molecule has 0 spiro atoms. The summed E-state index contributed by atoms with van der Waals surface area (Å²) in [6.45, 7) is 5.44. The fourth-order valence-electron chi connectivity index (χ4n) is 3.05. The van der Waals surface area contributed by atoms with Crippen LogP contribution in [0.25, 0.3) is 0 Å². The van der Waals surface area contributed by atoms with Gasteiger partial charge >= 0.3 is 0 Å². The number of likely N-dealkylation sites (tertiary alicyclic amines) is 1. The van der Waals surface area contributed by atoms with Crippen LogP contribution in [0, 0.1) is 11.8 Å². The molecule has 1 aliphatic rings. The summed E-state index contributed by atoms with van der Waals surface area (Å²) in [5.74, 6) is 2.29. The summed E-state index contributed by atoms with van der Waals surface area (Å²) in [6.07, 6.45) is 2.32. The normalized spacial score (nSPS) is 18.1. The van der Waals surface area contributed by atoms with Gasteiger partial charge in [0.25, 0.3) is 0 Å². The van der Waals surface area contributed by atoms with Crippen molar-refractivity contribution in [3.05, 3.63) is 47.6 Å². The van der Waals surface area contributed by atoms with E-state index in [1.807, 2.05) is 23.1 Å². The van der Waals surface area contributed by atoms with Gasteiger partial charge in [-0.2, -0.15) is 4.98 Å². The van der Waals surface area contributed by atoms with Crippen LogP contribution in [0.5, 0.6) is 0 Å². The first kappa shape index (κ1) is 15.7. The number of aromatic nitrogens is 2. The SMILES string of the molecule is CC(C)Cc1nc(CN2C[C@H](Cc3ccccc3)CC2=O)no1. The van der Waals surface area contributed by atoms with E-state index >= 15 is 0 Å². The second kappa shape index (κ2) is 6.94. The van der Waals surface area contributed by atoms with Crippen LogP contribution >= 0.6 is 0 Å². The van der Waals surface area contributed by atoms with E-state index < -0.39 is 0 Å². The Labute approximate surface area is 136 Å². The lowest BCUT2D eigenvalue weighted by atomic mass is 9.99. The van der Waals surface area contributed by atoms with Gasteiger partial charge in [-0.3, -0.25) is 4.79 Å². The van der Waals surface area contributed by atoms with Crippen LogP contribution in [0.1, 0.15) is 37.5 Å². The van der Waals surface area contributed by atoms with Crippen molar-refractivity contribution >= 4 is 5.91 Å². The molecule has 1 amide bonds. The Morgan fingerprint density at radius 3 is 2.83 bits per heavy atom. The molecule has 122 valence electrons. The van der Waals surface area contributed by atoms with Gasteiger partial charge in [0.05, 0.1) is 6.54 Å². The van der Waals surface area contributed by atoms with Crippen LogP contribution < -0.4 is 0 Å². The van der Waals surface area contributed by atoms with Gasteiger partial charge in [-0.05, 0) is 23.8 Å². The quantitative estimate of drug-likeness (QED) is 0.823. The molecule has 1 atom stereocenters. The molecule has 1 aromatic heterocycles. The summed E-state index contributed by atoms with van der Waals surface area (Å²) in [7, 11) is 0. The van der Waals surface area contributed by atoms with Crippen molar-refractivity contribution in [2.75, 3.05) is 6.54 Å². The molecule has 0 N–H and O–H groups in total. The van der Waals surface area contributed by atoms with Crippen LogP contribution in [0.4, 0.5) is 0 Å². The first-order chi connectivity index (χ1) is 11.1. The van der Waals surface area contributed by atoms with E-state index in [0.29, 0.717) is 36.5 Å². The predicted octanol–water partition coefficient (Wildman–Crippen LogP) is 2.86. The van der Waals surface area contributed by atoms with Crippen molar-refractivity contribution in [2.24, 2.45) is 11.8 Å². The smallest absolute Gasteiger partial charge is 0.226 e. The minimum absolute atomic E-state index is 0.182. The molecule has 0 radical (unpaired) electrons. The van der Waals surface area contributed by atoms with Crippen molar-refractivity contribution in [3.8, 4) is 0 Å². The summed E-state index contributed by atoms with van der Waals surface area (Å²) in [6, 6.07) is 10.3. The third kappa shape index (κ3) is 4.18. The van der Waals surface area contributed by atoms with Gasteiger partial charge in [0.2, 0.25) is 11.8 Å². The maximum Gasteiger partial charge on any atom is 0.226 e. The Morgan fingerprint density at radius 1 is 1.30 bits per heavy atom. The lowest BCUT2D eigenvalue weighted by Gasteiger charge is -2.14. The Balaban J connectivity index is 1.56. The highest BCUT2D eigenvalue weighted by molar-refractivity contribution is 5.78. The maximum atomic E-state index is 12.2. The summed E-state index contributed by atoms with van der Waals surface area (Å²) >= 11 is 0. The summed E-state index contributed by atoms with van der Waals surface area (Å²) in [5.41, 5.74) is 1.28. The van der Waals surface area contributed by atoms with Crippen LogP contribution in [0.2, 0.25) is 0 Å². The lowest BCUT2D eigenvalue weighted by molar-refractivity contribution is -0.128. The molecule has 0 unspecified atom stereocenters. The largest absolute Gasteiger partial charge is 0.339 e. The Bertz CT molecular complexity index is 651. The zero-order valence-corrected chi connectivity index (χ0v) is 13.7. The van der Waals surface area contributed by atoms with Gasteiger partial charge in [0, 0.05) is 19.4 Å². The monoisotopic (exact) mass is 313 g/mol. The molecule has 3 rings (SSSR count). The topological polar surface area (TPSA) is 59.2 Å². The molecule has 1 aliphatic heterocycles. The molecule has 1 fully saturated rings. The summed E-state index contributed by atoms with van der Waals surface area (Å²) in [5, 5.41) is 4.00. The Hall–Kier alpha value is -2.17. The van der Waals surface area contributed by atoms with Crippen LogP contribution in [-0.2, 0) is 24.2 Å². The van der Waals surface area contributed by atoms with Crippen molar-refractivity contribution in [3.63, 3.8) is 0 Å². The van der Waals surface area contributed by atoms with E-state index in [9.17, 15) is 4.79 Å². The van der Waals surface area contributed by atoms with Crippen molar-refractivity contribution in [1.82, 2.24) is 15.0 Å². The Kier molecular flexibility index (Phi) is 4.74. The predicted molar refractivity (Wildman–Crippen MR) is 86.5 cm³/mol. The second-order valence-electron chi connectivity index (χ2n) is 6.74. The second-order valence-corrected chi connectivity index (χ2v) is 6.74. The van der Waals surface area contributed by atoms with Gasteiger partial charge in [-0.1, -0.05) is 49.3 Å². The highest BCUT2D eigenvalue weighted by atomic mass is 16.5. The van der Waals surface area contributed by atoms with E-state index in [4.69, 9.17) is 4.52 Å². The first-order valence-electron chi connectivity index (χ1n) is 8.23. The number of carbonyl (C=O) groups excluding carboxylic acids is 1. The maximum absolute atomic E-state index is 12.2. The minimum atomic E-state index is 0.182. The van der Waals surface area contributed by atoms with Crippen molar-refractivity contribution in [1.29, 1.82) is 0 Å². The summed E-state index contributed by atoms with van der Waals surface area (Å²) < 4.78 is 5.24. The third-order valence-electron chi connectivity index (χ3n) is 4.09. The Morgan fingerprint density at radius 2 is 2.09 bits per heavy atom. The molecule has 0 saturated carbocycles. The fraction of sp³-hybridized carbons (Fsp3) is 0.500. The minimum Gasteiger partial charge on any atom is -0.339 e. The number of benzene rings is 1. The number of carbonyl (C=O) groups is 1. The molecule has 2 aromatic rings. The molecule has 0 aliphatic carbocycles. The number of hydrogen-bond donors (Lipinski definition) is 0. The van der Waals surface area contributed by atoms with Gasteiger partial charge < -0.3 is 9.42 Å². The zero-order valence-electron chi connectivity index (χ0n) is 13.7. The molecule has 1 saturated heterocycles. The molecule has 5 nitrogen and oxygen atoms in total. The number of hydrogen-bond acceptors (Lipinski definition) is 4. The average Bonchev–Trinajstić information content (AvgIpc) is 3.07. The lowest BCUT2D eigenvalue weighted by Crippen LogP contribution is -2.25. The molecule has 2 heterocycles. The van der Waals surface area contributed by atoms with E-state index in [1.54, 1.807) is 0 Å². The van der Waals surface area contributed by atoms with Crippen molar-refractivity contribution < 1.29 is 9.32 Å². The molecule has 5 heteroatoms. The highest BCUT2D eigenvalue weighted by Crippen LogP contribution is 2.23. The van der Waals surface area contributed by atoms with Crippen LogP contribution in [-0.4, -0.2) is 27.5 Å².